The fourth-order valence-electron chi connectivity index (χ4n) is 2.21. The first-order chi connectivity index (χ1) is 11.7. The fraction of sp³-hybridized carbons (Fsp3) is 0.471. The summed E-state index contributed by atoms with van der Waals surface area (Å²) >= 11 is 0. The lowest BCUT2D eigenvalue weighted by atomic mass is 10.1. The normalized spacial score (nSPS) is 11.5. The number of hydrogen-bond donors (Lipinski definition) is 2. The second-order valence-electron chi connectivity index (χ2n) is 5.25. The second kappa shape index (κ2) is 9.67. The Morgan fingerprint density at radius 3 is 2.67 bits per heavy atom. The maximum absolute atomic E-state index is 5.53. The van der Waals surface area contributed by atoms with Crippen LogP contribution in [0.2, 0.25) is 0 Å². The largest absolute Gasteiger partial charge is 0.377 e. The van der Waals surface area contributed by atoms with Crippen LogP contribution in [0.4, 0.5) is 0 Å². The summed E-state index contributed by atoms with van der Waals surface area (Å²) < 4.78 is 7.27. The van der Waals surface area contributed by atoms with E-state index in [9.17, 15) is 0 Å². The number of guanidine groups is 1. The predicted molar refractivity (Wildman–Crippen MR) is 94.4 cm³/mol. The van der Waals surface area contributed by atoms with Gasteiger partial charge in [-0.05, 0) is 25.0 Å². The summed E-state index contributed by atoms with van der Waals surface area (Å²) in [5.41, 5.74) is 2.34. The number of rotatable bonds is 8. The number of benzene rings is 1. The van der Waals surface area contributed by atoms with Gasteiger partial charge in [0.1, 0.15) is 12.2 Å². The average molecular weight is 330 g/mol. The zero-order chi connectivity index (χ0) is 17.2. The summed E-state index contributed by atoms with van der Waals surface area (Å²) in [4.78, 5) is 8.87. The van der Waals surface area contributed by atoms with Gasteiger partial charge in [-0.25, -0.2) is 9.98 Å². The van der Waals surface area contributed by atoms with Gasteiger partial charge in [-0.3, -0.25) is 4.68 Å². The molecular weight excluding hydrogens is 304 g/mol. The molecule has 0 aliphatic heterocycles. The van der Waals surface area contributed by atoms with Gasteiger partial charge in [0.15, 0.2) is 5.96 Å². The van der Waals surface area contributed by atoms with Crippen molar-refractivity contribution >= 4 is 5.96 Å². The lowest BCUT2D eigenvalue weighted by Crippen LogP contribution is -2.37. The van der Waals surface area contributed by atoms with E-state index in [1.54, 1.807) is 11.0 Å². The van der Waals surface area contributed by atoms with Gasteiger partial charge in [-0.1, -0.05) is 24.3 Å². The van der Waals surface area contributed by atoms with Crippen molar-refractivity contribution in [1.29, 1.82) is 0 Å². The van der Waals surface area contributed by atoms with E-state index in [1.165, 1.54) is 11.1 Å². The second-order valence-corrected chi connectivity index (χ2v) is 5.25. The topological polar surface area (TPSA) is 76.4 Å². The Hall–Kier alpha value is -2.41. The third kappa shape index (κ3) is 5.34. The molecule has 0 fully saturated rings. The van der Waals surface area contributed by atoms with E-state index in [1.807, 2.05) is 33.0 Å². The van der Waals surface area contributed by atoms with Crippen LogP contribution in [-0.2, 0) is 31.5 Å². The molecule has 7 heteroatoms. The molecule has 1 aromatic carbocycles. The highest BCUT2D eigenvalue weighted by molar-refractivity contribution is 5.79. The number of ether oxygens (including phenoxy) is 1. The zero-order valence-corrected chi connectivity index (χ0v) is 14.6. The van der Waals surface area contributed by atoms with Gasteiger partial charge in [0.05, 0.1) is 19.7 Å². The third-order valence-corrected chi connectivity index (χ3v) is 3.55. The number of nitrogens with one attached hydrogen (secondary N) is 2. The Morgan fingerprint density at radius 1 is 1.21 bits per heavy atom. The van der Waals surface area contributed by atoms with Crippen molar-refractivity contribution in [2.24, 2.45) is 12.0 Å². The number of aryl methyl sites for hydroxylation is 1. The van der Waals surface area contributed by atoms with Gasteiger partial charge >= 0.3 is 0 Å². The van der Waals surface area contributed by atoms with E-state index in [0.717, 1.165) is 18.3 Å². The van der Waals surface area contributed by atoms with Crippen molar-refractivity contribution in [3.8, 4) is 0 Å². The molecule has 2 aromatic rings. The Labute approximate surface area is 143 Å². The molecule has 0 amide bonds. The lowest BCUT2D eigenvalue weighted by molar-refractivity contribution is 0.133. The first kappa shape index (κ1) is 17.9. The number of aliphatic imine (C=N–C) groups is 1. The molecule has 2 rings (SSSR count). The zero-order valence-electron chi connectivity index (χ0n) is 14.6. The fourth-order valence-corrected chi connectivity index (χ4v) is 2.21. The van der Waals surface area contributed by atoms with Crippen LogP contribution in [0.5, 0.6) is 0 Å². The molecule has 130 valence electrons. The average Bonchev–Trinajstić information content (AvgIpc) is 3.01. The van der Waals surface area contributed by atoms with Crippen LogP contribution in [-0.4, -0.2) is 33.9 Å². The van der Waals surface area contributed by atoms with Crippen LogP contribution in [0, 0.1) is 0 Å². The molecule has 0 unspecified atom stereocenters. The Bertz CT molecular complexity index is 652. The Balaban J connectivity index is 2.01. The van der Waals surface area contributed by atoms with Gasteiger partial charge < -0.3 is 15.4 Å². The molecule has 0 saturated carbocycles. The van der Waals surface area contributed by atoms with E-state index in [0.29, 0.717) is 26.3 Å². The quantitative estimate of drug-likeness (QED) is 0.568. The molecule has 7 nitrogen and oxygen atoms in total. The van der Waals surface area contributed by atoms with Crippen molar-refractivity contribution in [2.45, 2.75) is 33.5 Å². The summed E-state index contributed by atoms with van der Waals surface area (Å²) in [6.45, 7) is 7.33. The molecule has 0 spiro atoms. The highest BCUT2D eigenvalue weighted by Gasteiger charge is 2.04. The maximum atomic E-state index is 5.53. The van der Waals surface area contributed by atoms with E-state index in [-0.39, 0.29) is 0 Å². The molecule has 0 aliphatic rings. The minimum Gasteiger partial charge on any atom is -0.377 e. The molecule has 0 bridgehead atoms. The smallest absolute Gasteiger partial charge is 0.191 e. The maximum Gasteiger partial charge on any atom is 0.191 e. The van der Waals surface area contributed by atoms with E-state index >= 15 is 0 Å². The Kier molecular flexibility index (Phi) is 7.22. The first-order valence-corrected chi connectivity index (χ1v) is 8.24. The van der Waals surface area contributed by atoms with Crippen molar-refractivity contribution in [3.63, 3.8) is 0 Å². The Morgan fingerprint density at radius 2 is 2.00 bits per heavy atom. The van der Waals surface area contributed by atoms with Gasteiger partial charge in [0.25, 0.3) is 0 Å². The van der Waals surface area contributed by atoms with Crippen LogP contribution in [0.25, 0.3) is 0 Å². The molecule has 0 aliphatic carbocycles. The highest BCUT2D eigenvalue weighted by atomic mass is 16.5. The van der Waals surface area contributed by atoms with E-state index in [2.05, 4.69) is 37.8 Å². The summed E-state index contributed by atoms with van der Waals surface area (Å²) in [6, 6.07) is 8.23. The summed E-state index contributed by atoms with van der Waals surface area (Å²) in [5, 5.41) is 10.6. The number of hydrogen-bond acceptors (Lipinski definition) is 4. The van der Waals surface area contributed by atoms with Crippen molar-refractivity contribution in [1.82, 2.24) is 25.4 Å². The first-order valence-electron chi connectivity index (χ1n) is 8.24. The van der Waals surface area contributed by atoms with Crippen molar-refractivity contribution < 1.29 is 4.74 Å². The predicted octanol–water partition coefficient (Wildman–Crippen LogP) is 1.61. The van der Waals surface area contributed by atoms with Gasteiger partial charge in [-0.2, -0.15) is 5.10 Å². The monoisotopic (exact) mass is 330 g/mol. The number of nitrogens with zero attached hydrogens (tertiary/aromatic N) is 4. The van der Waals surface area contributed by atoms with Gasteiger partial charge in [0, 0.05) is 20.2 Å². The van der Waals surface area contributed by atoms with Crippen LogP contribution < -0.4 is 10.6 Å². The molecule has 0 atom stereocenters. The van der Waals surface area contributed by atoms with E-state index < -0.39 is 0 Å². The minimum atomic E-state index is 0.572. The minimum absolute atomic E-state index is 0.572. The number of aromatic nitrogens is 3. The molecule has 24 heavy (non-hydrogen) atoms. The summed E-state index contributed by atoms with van der Waals surface area (Å²) in [5.74, 6) is 1.61. The van der Waals surface area contributed by atoms with Crippen LogP contribution >= 0.6 is 0 Å². The van der Waals surface area contributed by atoms with Crippen molar-refractivity contribution in [2.75, 3.05) is 13.2 Å². The molecule has 2 N–H and O–H groups in total. The molecule has 0 radical (unpaired) electrons. The van der Waals surface area contributed by atoms with Gasteiger partial charge in [0.2, 0.25) is 0 Å². The van der Waals surface area contributed by atoms with E-state index in [4.69, 9.17) is 4.74 Å². The summed E-state index contributed by atoms with van der Waals surface area (Å²) in [6.07, 6.45) is 1.55. The van der Waals surface area contributed by atoms with Crippen LogP contribution in [0.15, 0.2) is 35.6 Å². The van der Waals surface area contributed by atoms with Crippen molar-refractivity contribution in [3.05, 3.63) is 47.5 Å². The van der Waals surface area contributed by atoms with Crippen LogP contribution in [0.3, 0.4) is 0 Å². The van der Waals surface area contributed by atoms with Gasteiger partial charge in [-0.15, -0.1) is 0 Å². The SMILES string of the molecule is CCNC(=NCc1ccccc1COCC)NCc1ncnn1C. The standard InChI is InChI=1S/C17H26N6O/c1-4-18-17(20-11-16-21-13-22-23(16)3)19-10-14-8-6-7-9-15(14)12-24-5-2/h6-9,13H,4-5,10-12H2,1-3H3,(H2,18,19,20). The van der Waals surface area contributed by atoms with Crippen LogP contribution in [0.1, 0.15) is 30.8 Å². The molecule has 1 heterocycles. The summed E-state index contributed by atoms with van der Waals surface area (Å²) in [7, 11) is 1.87. The molecule has 1 aromatic heterocycles. The lowest BCUT2D eigenvalue weighted by Gasteiger charge is -2.12. The molecular formula is C17H26N6O. The molecule has 0 saturated heterocycles. The third-order valence-electron chi connectivity index (χ3n) is 3.55. The highest BCUT2D eigenvalue weighted by Crippen LogP contribution is 2.11.